The van der Waals surface area contributed by atoms with E-state index in [0.717, 1.165) is 11.8 Å². The summed E-state index contributed by atoms with van der Waals surface area (Å²) < 4.78 is 27.8. The van der Waals surface area contributed by atoms with Gasteiger partial charge >= 0.3 is 0 Å². The predicted octanol–water partition coefficient (Wildman–Crippen LogP) is 1.23. The second-order valence-electron chi connectivity index (χ2n) is 3.64. The third-order valence-electron chi connectivity index (χ3n) is 2.08. The summed E-state index contributed by atoms with van der Waals surface area (Å²) in [6.45, 7) is 1.48. The lowest BCUT2D eigenvalue weighted by molar-refractivity contribution is -0.116. The maximum atomic E-state index is 11.4. The van der Waals surface area contributed by atoms with E-state index in [-0.39, 0.29) is 22.8 Å². The van der Waals surface area contributed by atoms with Crippen LogP contribution < -0.4 is 4.74 Å². The highest BCUT2D eigenvalue weighted by Gasteiger charge is 2.14. The van der Waals surface area contributed by atoms with Crippen molar-refractivity contribution in [3.63, 3.8) is 0 Å². The molecule has 0 saturated carbocycles. The maximum absolute atomic E-state index is 11.4. The third kappa shape index (κ3) is 3.06. The van der Waals surface area contributed by atoms with Crippen molar-refractivity contribution >= 4 is 15.6 Å². The van der Waals surface area contributed by atoms with Crippen LogP contribution in [-0.2, 0) is 21.1 Å². The molecule has 88 valence electrons. The predicted molar refractivity (Wildman–Crippen MR) is 60.5 cm³/mol. The molecule has 0 atom stereocenters. The summed E-state index contributed by atoms with van der Waals surface area (Å²) >= 11 is 0. The second kappa shape index (κ2) is 4.65. The van der Waals surface area contributed by atoms with Crippen LogP contribution in [0.1, 0.15) is 12.5 Å². The molecule has 0 aliphatic heterocycles. The summed E-state index contributed by atoms with van der Waals surface area (Å²) in [5, 5.41) is 0. The summed E-state index contributed by atoms with van der Waals surface area (Å²) in [6, 6.07) is 4.67. The summed E-state index contributed by atoms with van der Waals surface area (Å²) in [7, 11) is -1.90. The molecule has 0 N–H and O–H groups in total. The van der Waals surface area contributed by atoms with Crippen molar-refractivity contribution in [2.45, 2.75) is 18.2 Å². The first-order chi connectivity index (χ1) is 7.34. The highest BCUT2D eigenvalue weighted by Crippen LogP contribution is 2.25. The van der Waals surface area contributed by atoms with Gasteiger partial charge in [0.1, 0.15) is 16.4 Å². The van der Waals surface area contributed by atoms with E-state index in [1.165, 1.54) is 20.1 Å². The number of ketones is 1. The van der Waals surface area contributed by atoms with Gasteiger partial charge in [-0.1, -0.05) is 6.07 Å². The van der Waals surface area contributed by atoms with Gasteiger partial charge < -0.3 is 4.74 Å². The first-order valence-corrected chi connectivity index (χ1v) is 6.60. The van der Waals surface area contributed by atoms with Crippen molar-refractivity contribution in [2.24, 2.45) is 0 Å². The number of rotatable bonds is 4. The van der Waals surface area contributed by atoms with E-state index in [1.807, 2.05) is 0 Å². The SMILES string of the molecule is COc1cc(CC(C)=O)ccc1S(C)(=O)=O. The molecular formula is C11H14O4S. The zero-order chi connectivity index (χ0) is 12.3. The number of sulfone groups is 1. The second-order valence-corrected chi connectivity index (χ2v) is 5.62. The number of benzene rings is 1. The van der Waals surface area contributed by atoms with Crippen LogP contribution in [0.5, 0.6) is 5.75 Å². The van der Waals surface area contributed by atoms with Crippen LogP contribution in [-0.4, -0.2) is 27.6 Å². The summed E-state index contributed by atoms with van der Waals surface area (Å²) in [4.78, 5) is 11.1. The molecule has 0 saturated heterocycles. The minimum atomic E-state index is -3.30. The fraction of sp³-hybridized carbons (Fsp3) is 0.364. The van der Waals surface area contributed by atoms with Crippen molar-refractivity contribution in [3.8, 4) is 5.75 Å². The number of carbonyl (C=O) groups is 1. The van der Waals surface area contributed by atoms with Gasteiger partial charge in [-0.25, -0.2) is 8.42 Å². The maximum Gasteiger partial charge on any atom is 0.179 e. The van der Waals surface area contributed by atoms with Gasteiger partial charge in [0.2, 0.25) is 0 Å². The molecular weight excluding hydrogens is 228 g/mol. The highest BCUT2D eigenvalue weighted by molar-refractivity contribution is 7.90. The molecule has 4 nitrogen and oxygen atoms in total. The summed E-state index contributed by atoms with van der Waals surface area (Å²) in [5.41, 5.74) is 0.747. The van der Waals surface area contributed by atoms with E-state index < -0.39 is 9.84 Å². The molecule has 0 spiro atoms. The molecule has 0 bridgehead atoms. The van der Waals surface area contributed by atoms with Gasteiger partial charge in [0.05, 0.1) is 7.11 Å². The van der Waals surface area contributed by atoms with Crippen LogP contribution >= 0.6 is 0 Å². The molecule has 0 aliphatic carbocycles. The first-order valence-electron chi connectivity index (χ1n) is 4.71. The molecule has 0 aromatic heterocycles. The van der Waals surface area contributed by atoms with Gasteiger partial charge in [-0.2, -0.15) is 0 Å². The van der Waals surface area contributed by atoms with Crippen LogP contribution in [0.25, 0.3) is 0 Å². The lowest BCUT2D eigenvalue weighted by atomic mass is 10.1. The Morgan fingerprint density at radius 3 is 2.44 bits per heavy atom. The number of methoxy groups -OCH3 is 1. The number of hydrogen-bond acceptors (Lipinski definition) is 4. The van der Waals surface area contributed by atoms with Gasteiger partial charge in [0.25, 0.3) is 0 Å². The van der Waals surface area contributed by atoms with Crippen molar-refractivity contribution in [2.75, 3.05) is 13.4 Å². The minimum absolute atomic E-state index is 0.0224. The van der Waals surface area contributed by atoms with E-state index in [9.17, 15) is 13.2 Å². The van der Waals surface area contributed by atoms with Crippen molar-refractivity contribution in [3.05, 3.63) is 23.8 Å². The fourth-order valence-corrected chi connectivity index (χ4v) is 2.24. The molecule has 0 amide bonds. The van der Waals surface area contributed by atoms with Crippen molar-refractivity contribution in [1.82, 2.24) is 0 Å². The van der Waals surface area contributed by atoms with Crippen LogP contribution in [0.2, 0.25) is 0 Å². The van der Waals surface area contributed by atoms with Crippen LogP contribution in [0.4, 0.5) is 0 Å². The average Bonchev–Trinajstić information content (AvgIpc) is 2.14. The van der Waals surface area contributed by atoms with E-state index >= 15 is 0 Å². The van der Waals surface area contributed by atoms with E-state index in [4.69, 9.17) is 4.74 Å². The molecule has 0 aliphatic rings. The van der Waals surface area contributed by atoms with Gasteiger partial charge in [-0.15, -0.1) is 0 Å². The molecule has 0 unspecified atom stereocenters. The van der Waals surface area contributed by atoms with E-state index in [1.54, 1.807) is 12.1 Å². The van der Waals surface area contributed by atoms with Gasteiger partial charge in [-0.05, 0) is 24.6 Å². The molecule has 0 radical (unpaired) electrons. The van der Waals surface area contributed by atoms with Crippen LogP contribution in [0.3, 0.4) is 0 Å². The first kappa shape index (κ1) is 12.7. The summed E-state index contributed by atoms with van der Waals surface area (Å²) in [5.74, 6) is 0.301. The Morgan fingerprint density at radius 1 is 1.38 bits per heavy atom. The van der Waals surface area contributed by atoms with E-state index in [0.29, 0.717) is 0 Å². The minimum Gasteiger partial charge on any atom is -0.495 e. The van der Waals surface area contributed by atoms with E-state index in [2.05, 4.69) is 0 Å². The molecule has 0 fully saturated rings. The van der Waals surface area contributed by atoms with Crippen molar-refractivity contribution in [1.29, 1.82) is 0 Å². The Balaban J connectivity index is 3.22. The third-order valence-corrected chi connectivity index (χ3v) is 3.22. The Kier molecular flexibility index (Phi) is 3.70. The lowest BCUT2D eigenvalue weighted by Gasteiger charge is -2.08. The smallest absolute Gasteiger partial charge is 0.179 e. The van der Waals surface area contributed by atoms with Crippen LogP contribution in [0.15, 0.2) is 23.1 Å². The normalized spacial score (nSPS) is 11.2. The van der Waals surface area contributed by atoms with Crippen LogP contribution in [0, 0.1) is 0 Å². The van der Waals surface area contributed by atoms with Gasteiger partial charge in [0, 0.05) is 12.7 Å². The Bertz CT molecular complexity index is 503. The number of ether oxygens (including phenoxy) is 1. The number of Topliss-reactive ketones (excluding diaryl/α,β-unsaturated/α-hetero) is 1. The zero-order valence-corrected chi connectivity index (χ0v) is 10.3. The average molecular weight is 242 g/mol. The zero-order valence-electron chi connectivity index (χ0n) is 9.48. The van der Waals surface area contributed by atoms with Crippen molar-refractivity contribution < 1.29 is 17.9 Å². The molecule has 16 heavy (non-hydrogen) atoms. The highest BCUT2D eigenvalue weighted by atomic mass is 32.2. The monoisotopic (exact) mass is 242 g/mol. The number of hydrogen-bond donors (Lipinski definition) is 0. The van der Waals surface area contributed by atoms with Gasteiger partial charge in [-0.3, -0.25) is 4.79 Å². The molecule has 0 heterocycles. The quantitative estimate of drug-likeness (QED) is 0.796. The fourth-order valence-electron chi connectivity index (χ4n) is 1.42. The van der Waals surface area contributed by atoms with Gasteiger partial charge in [0.15, 0.2) is 9.84 Å². The molecule has 1 rings (SSSR count). The Labute approximate surface area is 95.2 Å². The standard InChI is InChI=1S/C11H14O4S/c1-8(12)6-9-4-5-11(16(3,13)14)10(7-9)15-2/h4-5,7H,6H2,1-3H3. The Hall–Kier alpha value is -1.36. The molecule has 1 aromatic rings. The largest absolute Gasteiger partial charge is 0.495 e. The number of carbonyl (C=O) groups excluding carboxylic acids is 1. The Morgan fingerprint density at radius 2 is 2.00 bits per heavy atom. The lowest BCUT2D eigenvalue weighted by Crippen LogP contribution is -2.03. The topological polar surface area (TPSA) is 60.4 Å². The molecule has 5 heteroatoms. The summed E-state index contributed by atoms with van der Waals surface area (Å²) in [6.07, 6.45) is 1.40. The molecule has 1 aromatic carbocycles.